The van der Waals surface area contributed by atoms with Crippen LogP contribution in [-0.2, 0) is 21.0 Å². The first-order chi connectivity index (χ1) is 9.87. The molecule has 0 aliphatic carbocycles. The Kier molecular flexibility index (Phi) is 6.68. The molecular formula is C15H22N2O4. The van der Waals surface area contributed by atoms with Gasteiger partial charge in [0.2, 0.25) is 5.91 Å². The summed E-state index contributed by atoms with van der Waals surface area (Å²) in [4.78, 5) is 27.9. The summed E-state index contributed by atoms with van der Waals surface area (Å²) in [5.74, 6) is -0.304. The Bertz CT molecular complexity index is 454. The first kappa shape index (κ1) is 17.0. The van der Waals surface area contributed by atoms with E-state index in [0.29, 0.717) is 6.61 Å². The molecule has 0 fully saturated rings. The van der Waals surface area contributed by atoms with Crippen molar-refractivity contribution in [2.24, 2.45) is 0 Å². The van der Waals surface area contributed by atoms with E-state index in [1.54, 1.807) is 20.8 Å². The van der Waals surface area contributed by atoms with E-state index >= 15 is 0 Å². The van der Waals surface area contributed by atoms with Gasteiger partial charge in [-0.05, 0) is 26.3 Å². The smallest absolute Gasteiger partial charge is 0.407 e. The van der Waals surface area contributed by atoms with Gasteiger partial charge in [-0.15, -0.1) is 0 Å². The highest BCUT2D eigenvalue weighted by molar-refractivity contribution is 5.76. The van der Waals surface area contributed by atoms with E-state index in [1.165, 1.54) is 0 Å². The SMILES string of the molecule is CC(C)(C)OC(=O)NCCC(=O)NOCc1ccccc1. The van der Waals surface area contributed by atoms with E-state index < -0.39 is 11.7 Å². The van der Waals surface area contributed by atoms with Crippen molar-refractivity contribution in [2.75, 3.05) is 6.54 Å². The Labute approximate surface area is 124 Å². The molecule has 0 spiro atoms. The fourth-order valence-corrected chi connectivity index (χ4v) is 1.42. The second-order valence-electron chi connectivity index (χ2n) is 5.48. The van der Waals surface area contributed by atoms with Crippen molar-refractivity contribution in [3.8, 4) is 0 Å². The van der Waals surface area contributed by atoms with Crippen molar-refractivity contribution in [1.29, 1.82) is 0 Å². The van der Waals surface area contributed by atoms with E-state index in [0.717, 1.165) is 5.56 Å². The predicted octanol–water partition coefficient (Wildman–Crippen LogP) is 2.15. The highest BCUT2D eigenvalue weighted by Gasteiger charge is 2.15. The fraction of sp³-hybridized carbons (Fsp3) is 0.467. The summed E-state index contributed by atoms with van der Waals surface area (Å²) in [5.41, 5.74) is 2.73. The standard InChI is InChI=1S/C15H22N2O4/c1-15(2,3)21-14(19)16-10-9-13(18)17-20-11-12-7-5-4-6-8-12/h4-8H,9-11H2,1-3H3,(H,16,19)(H,17,18). The van der Waals surface area contributed by atoms with Crippen LogP contribution in [0, 0.1) is 0 Å². The molecular weight excluding hydrogens is 272 g/mol. The van der Waals surface area contributed by atoms with Crippen LogP contribution in [0.4, 0.5) is 4.79 Å². The van der Waals surface area contributed by atoms with E-state index in [-0.39, 0.29) is 18.9 Å². The van der Waals surface area contributed by atoms with Gasteiger partial charge >= 0.3 is 6.09 Å². The second kappa shape index (κ2) is 8.26. The van der Waals surface area contributed by atoms with Crippen molar-refractivity contribution in [1.82, 2.24) is 10.8 Å². The molecule has 0 radical (unpaired) electrons. The summed E-state index contributed by atoms with van der Waals surface area (Å²) in [6, 6.07) is 9.49. The Balaban J connectivity index is 2.10. The number of hydroxylamine groups is 1. The maximum absolute atomic E-state index is 11.5. The molecule has 0 aliphatic rings. The van der Waals surface area contributed by atoms with Crippen molar-refractivity contribution in [3.05, 3.63) is 35.9 Å². The van der Waals surface area contributed by atoms with Gasteiger partial charge in [0.25, 0.3) is 0 Å². The minimum atomic E-state index is -0.550. The first-order valence-electron chi connectivity index (χ1n) is 6.78. The Morgan fingerprint density at radius 3 is 2.43 bits per heavy atom. The number of nitrogens with one attached hydrogen (secondary N) is 2. The van der Waals surface area contributed by atoms with Crippen LogP contribution >= 0.6 is 0 Å². The molecule has 0 unspecified atom stereocenters. The first-order valence-corrected chi connectivity index (χ1v) is 6.78. The molecule has 0 atom stereocenters. The summed E-state index contributed by atoms with van der Waals surface area (Å²) in [6.45, 7) is 5.81. The number of carbonyl (C=O) groups is 2. The number of hydrogen-bond acceptors (Lipinski definition) is 4. The van der Waals surface area contributed by atoms with Crippen LogP contribution < -0.4 is 10.8 Å². The van der Waals surface area contributed by atoms with Gasteiger partial charge in [0.05, 0.1) is 6.61 Å². The summed E-state index contributed by atoms with van der Waals surface area (Å²) < 4.78 is 5.05. The lowest BCUT2D eigenvalue weighted by molar-refractivity contribution is -0.134. The molecule has 0 saturated heterocycles. The molecule has 2 amide bonds. The molecule has 0 aromatic heterocycles. The highest BCUT2D eigenvalue weighted by Crippen LogP contribution is 2.06. The number of rotatable bonds is 6. The zero-order valence-corrected chi connectivity index (χ0v) is 12.6. The Morgan fingerprint density at radius 2 is 1.81 bits per heavy atom. The van der Waals surface area contributed by atoms with E-state index in [9.17, 15) is 9.59 Å². The van der Waals surface area contributed by atoms with Crippen molar-refractivity contribution in [3.63, 3.8) is 0 Å². The zero-order valence-electron chi connectivity index (χ0n) is 12.6. The molecule has 1 aromatic carbocycles. The topological polar surface area (TPSA) is 76.7 Å². The van der Waals surface area contributed by atoms with Gasteiger partial charge < -0.3 is 10.1 Å². The number of amides is 2. The molecule has 21 heavy (non-hydrogen) atoms. The lowest BCUT2D eigenvalue weighted by Gasteiger charge is -2.19. The van der Waals surface area contributed by atoms with Crippen LogP contribution in [0.5, 0.6) is 0 Å². The van der Waals surface area contributed by atoms with Crippen molar-refractivity contribution >= 4 is 12.0 Å². The zero-order chi connectivity index (χ0) is 15.7. The van der Waals surface area contributed by atoms with Crippen LogP contribution in [0.1, 0.15) is 32.8 Å². The van der Waals surface area contributed by atoms with Gasteiger partial charge in [-0.1, -0.05) is 30.3 Å². The third-order valence-corrected chi connectivity index (χ3v) is 2.29. The third-order valence-electron chi connectivity index (χ3n) is 2.29. The number of ether oxygens (including phenoxy) is 1. The molecule has 1 aromatic rings. The molecule has 0 aliphatic heterocycles. The maximum Gasteiger partial charge on any atom is 0.407 e. The van der Waals surface area contributed by atoms with E-state index in [4.69, 9.17) is 9.57 Å². The van der Waals surface area contributed by atoms with Crippen LogP contribution in [0.15, 0.2) is 30.3 Å². The molecule has 0 heterocycles. The normalized spacial score (nSPS) is 10.8. The van der Waals surface area contributed by atoms with Gasteiger partial charge in [0, 0.05) is 13.0 Å². The molecule has 0 saturated carbocycles. The highest BCUT2D eigenvalue weighted by atomic mass is 16.6. The third kappa shape index (κ3) is 8.65. The number of benzene rings is 1. The average Bonchev–Trinajstić information content (AvgIpc) is 2.38. The van der Waals surface area contributed by atoms with Crippen molar-refractivity contribution < 1.29 is 19.2 Å². The lowest BCUT2D eigenvalue weighted by atomic mass is 10.2. The molecule has 1 rings (SSSR count). The molecule has 6 heteroatoms. The summed E-state index contributed by atoms with van der Waals surface area (Å²) in [6.07, 6.45) is -0.422. The summed E-state index contributed by atoms with van der Waals surface area (Å²) in [5, 5.41) is 2.50. The van der Waals surface area contributed by atoms with Crippen LogP contribution in [0.2, 0.25) is 0 Å². The van der Waals surface area contributed by atoms with Crippen LogP contribution in [-0.4, -0.2) is 24.1 Å². The minimum Gasteiger partial charge on any atom is -0.444 e. The van der Waals surface area contributed by atoms with Gasteiger partial charge in [0.1, 0.15) is 5.60 Å². The monoisotopic (exact) mass is 294 g/mol. The quantitative estimate of drug-likeness (QED) is 0.788. The summed E-state index contributed by atoms with van der Waals surface area (Å²) in [7, 11) is 0. The Hall–Kier alpha value is -2.08. The summed E-state index contributed by atoms with van der Waals surface area (Å²) >= 11 is 0. The fourth-order valence-electron chi connectivity index (χ4n) is 1.42. The minimum absolute atomic E-state index is 0.119. The van der Waals surface area contributed by atoms with E-state index in [2.05, 4.69) is 10.8 Å². The Morgan fingerprint density at radius 1 is 1.14 bits per heavy atom. The second-order valence-corrected chi connectivity index (χ2v) is 5.48. The average molecular weight is 294 g/mol. The lowest BCUT2D eigenvalue weighted by Crippen LogP contribution is -2.35. The van der Waals surface area contributed by atoms with Gasteiger partial charge in [-0.25, -0.2) is 10.3 Å². The van der Waals surface area contributed by atoms with Crippen LogP contribution in [0.25, 0.3) is 0 Å². The largest absolute Gasteiger partial charge is 0.444 e. The van der Waals surface area contributed by atoms with E-state index in [1.807, 2.05) is 30.3 Å². The van der Waals surface area contributed by atoms with Gasteiger partial charge in [0.15, 0.2) is 0 Å². The number of hydrogen-bond donors (Lipinski definition) is 2. The number of alkyl carbamates (subject to hydrolysis) is 1. The van der Waals surface area contributed by atoms with Gasteiger partial charge in [-0.3, -0.25) is 9.63 Å². The number of carbonyl (C=O) groups excluding carboxylic acids is 2. The van der Waals surface area contributed by atoms with Crippen LogP contribution in [0.3, 0.4) is 0 Å². The molecule has 116 valence electrons. The van der Waals surface area contributed by atoms with Crippen molar-refractivity contribution in [2.45, 2.75) is 39.4 Å². The molecule has 2 N–H and O–H groups in total. The predicted molar refractivity (Wildman–Crippen MR) is 78.2 cm³/mol. The molecule has 6 nitrogen and oxygen atoms in total. The maximum atomic E-state index is 11.5. The molecule has 0 bridgehead atoms. The van der Waals surface area contributed by atoms with Gasteiger partial charge in [-0.2, -0.15) is 0 Å².